The van der Waals surface area contributed by atoms with Gasteiger partial charge in [0.2, 0.25) is 0 Å². The van der Waals surface area contributed by atoms with Crippen LogP contribution in [-0.2, 0) is 6.54 Å². The van der Waals surface area contributed by atoms with Gasteiger partial charge < -0.3 is 5.32 Å². The Morgan fingerprint density at radius 1 is 1.00 bits per heavy atom. The number of carbonyl (C=O) groups excluding carboxylic acids is 1. The maximum atomic E-state index is 12.9. The van der Waals surface area contributed by atoms with Gasteiger partial charge in [-0.2, -0.15) is 10.2 Å². The number of rotatable bonds is 5. The van der Waals surface area contributed by atoms with Crippen molar-refractivity contribution in [3.05, 3.63) is 94.4 Å². The molecule has 0 fully saturated rings. The molecule has 6 nitrogen and oxygen atoms in total. The summed E-state index contributed by atoms with van der Waals surface area (Å²) in [4.78, 5) is 12.9. The third-order valence-corrected chi connectivity index (χ3v) is 4.93. The Hall–Kier alpha value is -3.38. The van der Waals surface area contributed by atoms with E-state index in [0.717, 1.165) is 16.9 Å². The van der Waals surface area contributed by atoms with Crippen molar-refractivity contribution in [2.45, 2.75) is 20.4 Å². The highest BCUT2D eigenvalue weighted by molar-refractivity contribution is 6.33. The van der Waals surface area contributed by atoms with E-state index >= 15 is 0 Å². The largest absolute Gasteiger partial charge is 0.304 e. The fourth-order valence-electron chi connectivity index (χ4n) is 3.30. The van der Waals surface area contributed by atoms with Crippen LogP contribution < -0.4 is 5.32 Å². The molecule has 0 aliphatic heterocycles. The molecule has 1 amide bonds. The van der Waals surface area contributed by atoms with Crippen molar-refractivity contribution in [3.8, 4) is 5.69 Å². The van der Waals surface area contributed by atoms with Crippen molar-refractivity contribution in [1.29, 1.82) is 0 Å². The SMILES string of the molecule is Cc1nn(-c2ccccc2)c(C)c1C(=O)Nc1nn(Cc2ccccc2)cc1Cl. The Bertz CT molecular complexity index is 1150. The summed E-state index contributed by atoms with van der Waals surface area (Å²) in [7, 11) is 0. The van der Waals surface area contributed by atoms with Crippen molar-refractivity contribution in [2.75, 3.05) is 5.32 Å². The zero-order valence-corrected chi connectivity index (χ0v) is 16.9. The van der Waals surface area contributed by atoms with Crippen LogP contribution in [0.5, 0.6) is 0 Å². The average molecular weight is 406 g/mol. The summed E-state index contributed by atoms with van der Waals surface area (Å²) in [6.45, 7) is 4.26. The first kappa shape index (κ1) is 19.0. The summed E-state index contributed by atoms with van der Waals surface area (Å²) in [5.41, 5.74) is 3.91. The quantitative estimate of drug-likeness (QED) is 0.526. The van der Waals surface area contributed by atoms with Gasteiger partial charge in [0.25, 0.3) is 5.91 Å². The minimum atomic E-state index is -0.283. The van der Waals surface area contributed by atoms with Gasteiger partial charge in [0, 0.05) is 6.20 Å². The van der Waals surface area contributed by atoms with Gasteiger partial charge in [0.15, 0.2) is 5.82 Å². The average Bonchev–Trinajstić information content (AvgIpc) is 3.21. The Kier molecular flexibility index (Phi) is 5.18. The predicted molar refractivity (Wildman–Crippen MR) is 114 cm³/mol. The van der Waals surface area contributed by atoms with Crippen LogP contribution in [-0.4, -0.2) is 25.5 Å². The summed E-state index contributed by atoms with van der Waals surface area (Å²) < 4.78 is 3.47. The Balaban J connectivity index is 1.57. The Morgan fingerprint density at radius 3 is 2.34 bits per heavy atom. The van der Waals surface area contributed by atoms with Crippen LogP contribution in [0.1, 0.15) is 27.3 Å². The minimum Gasteiger partial charge on any atom is -0.304 e. The molecule has 0 bridgehead atoms. The van der Waals surface area contributed by atoms with E-state index in [0.29, 0.717) is 28.6 Å². The van der Waals surface area contributed by atoms with E-state index in [9.17, 15) is 4.79 Å². The molecule has 0 saturated carbocycles. The van der Waals surface area contributed by atoms with Crippen molar-refractivity contribution in [2.24, 2.45) is 0 Å². The van der Waals surface area contributed by atoms with E-state index in [4.69, 9.17) is 11.6 Å². The molecule has 0 radical (unpaired) electrons. The molecule has 4 aromatic rings. The minimum absolute atomic E-state index is 0.283. The van der Waals surface area contributed by atoms with Crippen LogP contribution in [0, 0.1) is 13.8 Å². The maximum absolute atomic E-state index is 12.9. The monoisotopic (exact) mass is 405 g/mol. The van der Waals surface area contributed by atoms with Crippen molar-refractivity contribution >= 4 is 23.3 Å². The number of amides is 1. The first-order chi connectivity index (χ1) is 14.0. The molecule has 0 aliphatic rings. The third kappa shape index (κ3) is 3.93. The summed E-state index contributed by atoms with van der Waals surface area (Å²) in [5.74, 6) is 0.0490. The predicted octanol–water partition coefficient (Wildman–Crippen LogP) is 4.64. The van der Waals surface area contributed by atoms with E-state index in [1.165, 1.54) is 0 Å². The fraction of sp³-hybridized carbons (Fsp3) is 0.136. The Morgan fingerprint density at radius 2 is 1.66 bits per heavy atom. The molecule has 0 atom stereocenters. The number of nitrogens with one attached hydrogen (secondary N) is 1. The summed E-state index contributed by atoms with van der Waals surface area (Å²) >= 11 is 6.30. The smallest absolute Gasteiger partial charge is 0.260 e. The molecule has 2 aromatic heterocycles. The molecule has 0 saturated heterocycles. The lowest BCUT2D eigenvalue weighted by atomic mass is 10.2. The molecule has 2 heterocycles. The highest BCUT2D eigenvalue weighted by Gasteiger charge is 2.21. The fourth-order valence-corrected chi connectivity index (χ4v) is 3.49. The molecule has 7 heteroatoms. The van der Waals surface area contributed by atoms with Crippen molar-refractivity contribution in [1.82, 2.24) is 19.6 Å². The van der Waals surface area contributed by atoms with Crippen LogP contribution >= 0.6 is 11.6 Å². The molecular weight excluding hydrogens is 386 g/mol. The van der Waals surface area contributed by atoms with Gasteiger partial charge in [-0.1, -0.05) is 60.1 Å². The number of hydrogen-bond donors (Lipinski definition) is 1. The van der Waals surface area contributed by atoms with Crippen molar-refractivity contribution < 1.29 is 4.79 Å². The highest BCUT2D eigenvalue weighted by Crippen LogP contribution is 2.23. The molecule has 0 aliphatic carbocycles. The Labute approximate surface area is 173 Å². The molecule has 0 unspecified atom stereocenters. The van der Waals surface area contributed by atoms with Gasteiger partial charge in [-0.3, -0.25) is 9.48 Å². The number of nitrogens with zero attached hydrogens (tertiary/aromatic N) is 4. The zero-order valence-electron chi connectivity index (χ0n) is 16.1. The van der Waals surface area contributed by atoms with Gasteiger partial charge in [-0.25, -0.2) is 4.68 Å². The lowest BCUT2D eigenvalue weighted by Crippen LogP contribution is -2.15. The van der Waals surface area contributed by atoms with Gasteiger partial charge in [-0.05, 0) is 31.5 Å². The second-order valence-electron chi connectivity index (χ2n) is 6.76. The van der Waals surface area contributed by atoms with Crippen molar-refractivity contribution in [3.63, 3.8) is 0 Å². The van der Waals surface area contributed by atoms with Crippen LogP contribution in [0.15, 0.2) is 66.9 Å². The summed E-state index contributed by atoms with van der Waals surface area (Å²) in [6, 6.07) is 19.6. The second kappa shape index (κ2) is 7.93. The van der Waals surface area contributed by atoms with E-state index in [-0.39, 0.29) is 5.91 Å². The lowest BCUT2D eigenvalue weighted by Gasteiger charge is -2.06. The first-order valence-corrected chi connectivity index (χ1v) is 9.60. The molecule has 2 aromatic carbocycles. The van der Waals surface area contributed by atoms with E-state index in [1.807, 2.05) is 74.5 Å². The third-order valence-electron chi connectivity index (χ3n) is 4.66. The zero-order chi connectivity index (χ0) is 20.4. The number of halogens is 1. The number of para-hydroxylation sites is 1. The molecule has 146 valence electrons. The van der Waals surface area contributed by atoms with E-state index in [1.54, 1.807) is 15.6 Å². The van der Waals surface area contributed by atoms with Gasteiger partial charge in [0.1, 0.15) is 5.02 Å². The molecule has 4 rings (SSSR count). The normalized spacial score (nSPS) is 10.9. The number of aromatic nitrogens is 4. The van der Waals surface area contributed by atoms with Crippen LogP contribution in [0.2, 0.25) is 5.02 Å². The molecule has 29 heavy (non-hydrogen) atoms. The maximum Gasteiger partial charge on any atom is 0.260 e. The number of anilines is 1. The number of benzene rings is 2. The summed E-state index contributed by atoms with van der Waals surface area (Å²) in [6.07, 6.45) is 1.71. The van der Waals surface area contributed by atoms with Gasteiger partial charge >= 0.3 is 0 Å². The van der Waals surface area contributed by atoms with E-state index in [2.05, 4.69) is 15.5 Å². The standard InChI is InChI=1S/C22H20ClN5O/c1-15-20(16(2)28(25-15)18-11-7-4-8-12-18)22(29)24-21-19(23)14-27(26-21)13-17-9-5-3-6-10-17/h3-12,14H,13H2,1-2H3,(H,24,26,29). The molecule has 1 N–H and O–H groups in total. The first-order valence-electron chi connectivity index (χ1n) is 9.23. The van der Waals surface area contributed by atoms with Gasteiger partial charge in [-0.15, -0.1) is 0 Å². The van der Waals surface area contributed by atoms with Gasteiger partial charge in [0.05, 0.1) is 29.2 Å². The van der Waals surface area contributed by atoms with Crippen LogP contribution in [0.3, 0.4) is 0 Å². The highest BCUT2D eigenvalue weighted by atomic mass is 35.5. The van der Waals surface area contributed by atoms with Crippen LogP contribution in [0.4, 0.5) is 5.82 Å². The van der Waals surface area contributed by atoms with E-state index < -0.39 is 0 Å². The lowest BCUT2D eigenvalue weighted by molar-refractivity contribution is 0.102. The second-order valence-corrected chi connectivity index (χ2v) is 7.16. The molecular formula is C22H20ClN5O. The molecule has 0 spiro atoms. The summed E-state index contributed by atoms with van der Waals surface area (Å²) in [5, 5.41) is 12.2. The van der Waals surface area contributed by atoms with Crippen LogP contribution in [0.25, 0.3) is 5.69 Å². The number of hydrogen-bond acceptors (Lipinski definition) is 3. The topological polar surface area (TPSA) is 64.7 Å². The number of carbonyl (C=O) groups is 1. The number of aryl methyl sites for hydroxylation is 1.